The van der Waals surface area contributed by atoms with Gasteiger partial charge < -0.3 is 0 Å². The number of hydrogen-bond acceptors (Lipinski definition) is 0. The maximum absolute atomic E-state index is 2.64. The van der Waals surface area contributed by atoms with Crippen molar-refractivity contribution in [3.8, 4) is 11.1 Å². The van der Waals surface area contributed by atoms with Gasteiger partial charge in [-0.2, -0.15) is 0 Å². The Morgan fingerprint density at radius 1 is 0.697 bits per heavy atom. The number of hydrogen-bond donors (Lipinski definition) is 0. The molecule has 164 valence electrons. The molecule has 2 atom stereocenters. The van der Waals surface area contributed by atoms with Gasteiger partial charge in [0.1, 0.15) is 0 Å². The van der Waals surface area contributed by atoms with Gasteiger partial charge in [0, 0.05) is 0 Å². The van der Waals surface area contributed by atoms with Crippen LogP contribution in [0, 0.1) is 0 Å². The van der Waals surface area contributed by atoms with Crippen molar-refractivity contribution in [3.05, 3.63) is 105 Å². The van der Waals surface area contributed by atoms with Gasteiger partial charge in [-0.15, -0.1) is 0 Å². The number of allylic oxidation sites excluding steroid dienone is 2. The zero-order valence-corrected chi connectivity index (χ0v) is 20.8. The first kappa shape index (κ1) is 19.8. The second-order valence-electron chi connectivity index (χ2n) is 11.2. The molecule has 0 spiro atoms. The predicted molar refractivity (Wildman–Crippen MR) is 143 cm³/mol. The fourth-order valence-corrected chi connectivity index (χ4v) is 11.0. The molecule has 0 bridgehead atoms. The maximum atomic E-state index is 2.64. The summed E-state index contributed by atoms with van der Waals surface area (Å²) in [5.74, 6) is 0. The number of benzene rings is 3. The van der Waals surface area contributed by atoms with Crippen molar-refractivity contribution < 1.29 is 0 Å². The Labute approximate surface area is 199 Å². The van der Waals surface area contributed by atoms with Crippen molar-refractivity contribution in [2.75, 3.05) is 0 Å². The third kappa shape index (κ3) is 2.88. The summed E-state index contributed by atoms with van der Waals surface area (Å²) in [4.78, 5) is 0. The average molecular weight is 445 g/mol. The van der Waals surface area contributed by atoms with Crippen molar-refractivity contribution in [1.82, 2.24) is 0 Å². The van der Waals surface area contributed by atoms with Crippen molar-refractivity contribution >= 4 is 20.2 Å². The second-order valence-corrected chi connectivity index (χ2v) is 16.1. The van der Waals surface area contributed by atoms with Gasteiger partial charge in [-0.25, -0.2) is 0 Å². The molecule has 3 aromatic carbocycles. The highest BCUT2D eigenvalue weighted by molar-refractivity contribution is 6.81. The molecule has 4 aliphatic rings. The third-order valence-corrected chi connectivity index (χ3v) is 13.2. The van der Waals surface area contributed by atoms with E-state index in [4.69, 9.17) is 0 Å². The Hall–Kier alpha value is -2.64. The van der Waals surface area contributed by atoms with Crippen LogP contribution >= 0.6 is 0 Å². The summed E-state index contributed by atoms with van der Waals surface area (Å²) in [5.41, 5.74) is 16.8. The van der Waals surface area contributed by atoms with Crippen LogP contribution < -0.4 is 0 Å². The minimum Gasteiger partial charge on any atom is -0.0791 e. The van der Waals surface area contributed by atoms with Crippen LogP contribution in [0.1, 0.15) is 68.4 Å². The highest BCUT2D eigenvalue weighted by atomic mass is 28.3. The molecule has 0 fully saturated rings. The largest absolute Gasteiger partial charge is 0.0791 e. The lowest BCUT2D eigenvalue weighted by Gasteiger charge is -2.36. The van der Waals surface area contributed by atoms with Gasteiger partial charge in [0.05, 0.1) is 8.07 Å². The van der Waals surface area contributed by atoms with E-state index in [9.17, 15) is 0 Å². The van der Waals surface area contributed by atoms with Gasteiger partial charge in [-0.3, -0.25) is 0 Å². The van der Waals surface area contributed by atoms with E-state index in [1.165, 1.54) is 60.8 Å². The van der Waals surface area contributed by atoms with Crippen molar-refractivity contribution in [2.45, 2.75) is 62.7 Å². The molecular weight excluding hydrogens is 412 g/mol. The van der Waals surface area contributed by atoms with Crippen molar-refractivity contribution in [3.63, 3.8) is 0 Å². The number of aryl methyl sites for hydroxylation is 3. The molecule has 1 heteroatoms. The molecule has 0 nitrogen and oxygen atoms in total. The van der Waals surface area contributed by atoms with E-state index < -0.39 is 8.07 Å². The van der Waals surface area contributed by atoms with Crippen molar-refractivity contribution in [2.24, 2.45) is 0 Å². The fraction of sp³-hybridized carbons (Fsp3) is 0.312. The van der Waals surface area contributed by atoms with Gasteiger partial charge in [-0.05, 0) is 105 Å². The zero-order valence-electron chi connectivity index (χ0n) is 19.8. The molecule has 2 unspecified atom stereocenters. The first-order valence-electron chi connectivity index (χ1n) is 12.9. The maximum Gasteiger partial charge on any atom is 0.0715 e. The van der Waals surface area contributed by atoms with Crippen LogP contribution in [0.3, 0.4) is 0 Å². The van der Waals surface area contributed by atoms with Crippen LogP contribution in [0.2, 0.25) is 13.1 Å². The molecule has 0 radical (unpaired) electrons. The Morgan fingerprint density at radius 2 is 1.36 bits per heavy atom. The number of rotatable bonds is 3. The molecule has 0 amide bonds. The van der Waals surface area contributed by atoms with Gasteiger partial charge in [-0.1, -0.05) is 85.9 Å². The monoisotopic (exact) mass is 444 g/mol. The normalized spacial score (nSPS) is 21.9. The minimum absolute atomic E-state index is 0.578. The van der Waals surface area contributed by atoms with E-state index in [1.54, 1.807) is 33.4 Å². The van der Waals surface area contributed by atoms with Crippen LogP contribution in [0.5, 0.6) is 0 Å². The predicted octanol–water partition coefficient (Wildman–Crippen LogP) is 8.04. The Morgan fingerprint density at radius 3 is 2.21 bits per heavy atom. The molecule has 0 saturated heterocycles. The van der Waals surface area contributed by atoms with E-state index in [1.807, 2.05) is 0 Å². The number of fused-ring (bicyclic) bond motifs is 4. The third-order valence-electron chi connectivity index (χ3n) is 9.03. The van der Waals surface area contributed by atoms with Crippen LogP contribution in [-0.4, -0.2) is 8.07 Å². The molecule has 7 rings (SSSR count). The summed E-state index contributed by atoms with van der Waals surface area (Å²) in [6.45, 7) is 5.29. The van der Waals surface area contributed by atoms with E-state index in [-0.39, 0.29) is 0 Å². The molecule has 0 N–H and O–H groups in total. The molecule has 0 saturated carbocycles. The summed E-state index contributed by atoms with van der Waals surface area (Å²) in [6, 6.07) is 18.9. The average Bonchev–Trinajstić information content (AvgIpc) is 3.61. The van der Waals surface area contributed by atoms with Gasteiger partial charge in [0.15, 0.2) is 0 Å². The molecule has 0 aliphatic heterocycles. The first-order valence-corrected chi connectivity index (χ1v) is 16.0. The highest BCUT2D eigenvalue weighted by Gasteiger charge is 2.44. The summed E-state index contributed by atoms with van der Waals surface area (Å²) in [6.07, 6.45) is 17.7. The van der Waals surface area contributed by atoms with E-state index in [0.717, 1.165) is 0 Å². The lowest BCUT2D eigenvalue weighted by molar-refractivity contribution is 0.911. The SMILES string of the molecule is C[Si](C)(C1C=Cc2cc3c(cc21)CCC3)C1C=Cc2c1cc1c(c2-c2ccccc2)CCC1. The lowest BCUT2D eigenvalue weighted by atomic mass is 9.89. The summed E-state index contributed by atoms with van der Waals surface area (Å²) in [5, 5.41) is 0. The van der Waals surface area contributed by atoms with Gasteiger partial charge >= 0.3 is 0 Å². The Kier molecular flexibility index (Phi) is 4.30. The minimum atomic E-state index is -1.70. The molecule has 0 heterocycles. The van der Waals surface area contributed by atoms with Crippen LogP contribution in [0.4, 0.5) is 0 Å². The summed E-state index contributed by atoms with van der Waals surface area (Å²) < 4.78 is 0. The lowest BCUT2D eigenvalue weighted by Crippen LogP contribution is -2.40. The zero-order chi connectivity index (χ0) is 22.2. The Bertz CT molecular complexity index is 1340. The summed E-state index contributed by atoms with van der Waals surface area (Å²) in [7, 11) is -1.70. The van der Waals surface area contributed by atoms with Crippen LogP contribution in [-0.2, 0) is 25.7 Å². The molecule has 3 aromatic rings. The fourth-order valence-electron chi connectivity index (χ4n) is 7.32. The first-order chi connectivity index (χ1) is 16.1. The van der Waals surface area contributed by atoms with E-state index >= 15 is 0 Å². The van der Waals surface area contributed by atoms with Gasteiger partial charge in [0.2, 0.25) is 0 Å². The second kappa shape index (κ2) is 7.18. The molecule has 33 heavy (non-hydrogen) atoms. The standard InChI is InChI=1S/C32H32Si/c1-33(2,30-16-14-25-18-22-10-6-11-23(22)19-28(25)30)31-17-15-27-29(31)20-24-12-7-13-26(24)32(27)21-8-4-3-5-9-21/h3-5,8-9,14-20,30-31H,6-7,10-13H2,1-2H3. The molecule has 0 aromatic heterocycles. The molecule has 4 aliphatic carbocycles. The highest BCUT2D eigenvalue weighted by Crippen LogP contribution is 2.51. The van der Waals surface area contributed by atoms with Gasteiger partial charge in [0.25, 0.3) is 0 Å². The van der Waals surface area contributed by atoms with E-state index in [0.29, 0.717) is 11.1 Å². The van der Waals surface area contributed by atoms with E-state index in [2.05, 4.69) is 85.9 Å². The quantitative estimate of drug-likeness (QED) is 0.359. The van der Waals surface area contributed by atoms with Crippen LogP contribution in [0.25, 0.3) is 23.3 Å². The molecular formula is C32H32Si. The van der Waals surface area contributed by atoms with Crippen molar-refractivity contribution in [1.29, 1.82) is 0 Å². The smallest absolute Gasteiger partial charge is 0.0715 e. The summed E-state index contributed by atoms with van der Waals surface area (Å²) >= 11 is 0. The van der Waals surface area contributed by atoms with Crippen LogP contribution in [0.15, 0.2) is 60.7 Å². The topological polar surface area (TPSA) is 0 Å². The Balaban J connectivity index is 1.34.